The zero-order valence-corrected chi connectivity index (χ0v) is 13.5. The molecule has 4 nitrogen and oxygen atoms in total. The van der Waals surface area contributed by atoms with Gasteiger partial charge in [0.1, 0.15) is 0 Å². The van der Waals surface area contributed by atoms with Crippen LogP contribution in [-0.4, -0.2) is 38.6 Å². The summed E-state index contributed by atoms with van der Waals surface area (Å²) in [6.07, 6.45) is 3.26. The summed E-state index contributed by atoms with van der Waals surface area (Å²) in [5.41, 5.74) is 2.05. The number of benzene rings is 1. The Morgan fingerprint density at radius 3 is 2.90 bits per heavy atom. The van der Waals surface area contributed by atoms with Crippen molar-refractivity contribution in [3.8, 4) is 0 Å². The number of nitrogens with zero attached hydrogens (tertiary/aromatic N) is 1. The Morgan fingerprint density at radius 2 is 2.20 bits per heavy atom. The fourth-order valence-corrected chi connectivity index (χ4v) is 3.66. The van der Waals surface area contributed by atoms with E-state index in [1.807, 2.05) is 25.1 Å². The third-order valence-electron chi connectivity index (χ3n) is 3.80. The lowest BCUT2D eigenvalue weighted by molar-refractivity contribution is 0.277. The summed E-state index contributed by atoms with van der Waals surface area (Å²) in [7, 11) is -3.07. The number of nitrogens with one attached hydrogen (secondary N) is 1. The number of hydrogen-bond donors (Lipinski definition) is 1. The van der Waals surface area contributed by atoms with Gasteiger partial charge in [0.05, 0.1) is 6.26 Å². The van der Waals surface area contributed by atoms with Crippen LogP contribution in [0, 0.1) is 12.8 Å². The van der Waals surface area contributed by atoms with Crippen molar-refractivity contribution in [3.05, 3.63) is 28.8 Å². The molecule has 20 heavy (non-hydrogen) atoms. The van der Waals surface area contributed by atoms with Gasteiger partial charge < -0.3 is 5.32 Å². The van der Waals surface area contributed by atoms with Gasteiger partial charge in [-0.2, -0.15) is 0 Å². The van der Waals surface area contributed by atoms with Crippen LogP contribution in [0.25, 0.3) is 0 Å². The van der Waals surface area contributed by atoms with Crippen molar-refractivity contribution in [1.82, 2.24) is 4.31 Å². The van der Waals surface area contributed by atoms with Crippen molar-refractivity contribution in [2.45, 2.75) is 19.8 Å². The van der Waals surface area contributed by atoms with Crippen LogP contribution in [0.3, 0.4) is 0 Å². The van der Waals surface area contributed by atoms with Gasteiger partial charge in [-0.25, -0.2) is 12.7 Å². The van der Waals surface area contributed by atoms with Gasteiger partial charge in [-0.05, 0) is 43.4 Å². The molecular formula is C14H21ClN2O2S. The van der Waals surface area contributed by atoms with E-state index in [0.717, 1.165) is 35.7 Å². The molecule has 0 bridgehead atoms. The Bertz CT molecular complexity index is 575. The van der Waals surface area contributed by atoms with E-state index in [9.17, 15) is 8.42 Å². The fourth-order valence-electron chi connectivity index (χ4n) is 2.55. The van der Waals surface area contributed by atoms with E-state index in [2.05, 4.69) is 5.32 Å². The van der Waals surface area contributed by atoms with Crippen molar-refractivity contribution in [2.24, 2.45) is 5.92 Å². The molecule has 0 spiro atoms. The molecule has 2 rings (SSSR count). The topological polar surface area (TPSA) is 49.4 Å². The molecule has 1 unspecified atom stereocenters. The Hall–Kier alpha value is -0.780. The smallest absolute Gasteiger partial charge is 0.211 e. The number of halogens is 1. The van der Waals surface area contributed by atoms with Gasteiger partial charge in [-0.15, -0.1) is 0 Å². The minimum absolute atomic E-state index is 0.344. The second-order valence-electron chi connectivity index (χ2n) is 5.42. The van der Waals surface area contributed by atoms with Crippen LogP contribution in [0.1, 0.15) is 18.4 Å². The standard InChI is InChI=1S/C14H21ClN2O2S/c1-11-13(15)6-3-7-14(11)16-9-12-5-4-8-17(10-12)20(2,18)19/h3,6-7,12,16H,4-5,8-10H2,1-2H3. The summed E-state index contributed by atoms with van der Waals surface area (Å²) in [4.78, 5) is 0. The fraction of sp³-hybridized carbons (Fsp3) is 0.571. The molecular weight excluding hydrogens is 296 g/mol. The summed E-state index contributed by atoms with van der Waals surface area (Å²) in [6, 6.07) is 5.79. The maximum atomic E-state index is 11.6. The van der Waals surface area contributed by atoms with E-state index in [4.69, 9.17) is 11.6 Å². The highest BCUT2D eigenvalue weighted by Crippen LogP contribution is 2.24. The van der Waals surface area contributed by atoms with Crippen molar-refractivity contribution in [3.63, 3.8) is 0 Å². The second-order valence-corrected chi connectivity index (χ2v) is 7.81. The maximum absolute atomic E-state index is 11.6. The van der Waals surface area contributed by atoms with Crippen LogP contribution >= 0.6 is 11.6 Å². The van der Waals surface area contributed by atoms with Crippen LogP contribution in [0.15, 0.2) is 18.2 Å². The lowest BCUT2D eigenvalue weighted by Gasteiger charge is -2.31. The minimum Gasteiger partial charge on any atom is -0.384 e. The molecule has 1 aromatic carbocycles. The summed E-state index contributed by atoms with van der Waals surface area (Å²) in [5, 5.41) is 4.14. The molecule has 0 amide bonds. The molecule has 1 N–H and O–H groups in total. The van der Waals surface area contributed by atoms with Crippen molar-refractivity contribution in [1.29, 1.82) is 0 Å². The van der Waals surface area contributed by atoms with E-state index < -0.39 is 10.0 Å². The highest BCUT2D eigenvalue weighted by Gasteiger charge is 2.25. The number of rotatable bonds is 4. The Balaban J connectivity index is 1.95. The Morgan fingerprint density at radius 1 is 1.45 bits per heavy atom. The SMILES string of the molecule is Cc1c(Cl)cccc1NCC1CCCN(S(C)(=O)=O)C1. The molecule has 1 aromatic rings. The normalized spacial score (nSPS) is 20.9. The first-order chi connectivity index (χ1) is 9.38. The lowest BCUT2D eigenvalue weighted by atomic mass is 9.99. The first-order valence-electron chi connectivity index (χ1n) is 6.82. The molecule has 0 saturated carbocycles. The number of anilines is 1. The molecule has 0 radical (unpaired) electrons. The van der Waals surface area contributed by atoms with Crippen LogP contribution in [-0.2, 0) is 10.0 Å². The highest BCUT2D eigenvalue weighted by atomic mass is 35.5. The van der Waals surface area contributed by atoms with Gasteiger partial charge in [0.15, 0.2) is 0 Å². The molecule has 1 saturated heterocycles. The predicted molar refractivity (Wildman–Crippen MR) is 83.8 cm³/mol. The maximum Gasteiger partial charge on any atom is 0.211 e. The monoisotopic (exact) mass is 316 g/mol. The average molecular weight is 317 g/mol. The number of hydrogen-bond acceptors (Lipinski definition) is 3. The summed E-state index contributed by atoms with van der Waals surface area (Å²) < 4.78 is 24.8. The Kier molecular flexibility index (Phi) is 4.94. The average Bonchev–Trinajstić information content (AvgIpc) is 2.40. The van der Waals surface area contributed by atoms with Crippen molar-refractivity contribution < 1.29 is 8.42 Å². The third kappa shape index (κ3) is 3.87. The molecule has 0 aromatic heterocycles. The van der Waals surface area contributed by atoms with Crippen LogP contribution in [0.2, 0.25) is 5.02 Å². The molecule has 112 valence electrons. The molecule has 1 atom stereocenters. The zero-order chi connectivity index (χ0) is 14.8. The third-order valence-corrected chi connectivity index (χ3v) is 5.48. The largest absolute Gasteiger partial charge is 0.384 e. The highest BCUT2D eigenvalue weighted by molar-refractivity contribution is 7.88. The first kappa shape index (κ1) is 15.6. The van der Waals surface area contributed by atoms with Gasteiger partial charge >= 0.3 is 0 Å². The van der Waals surface area contributed by atoms with Gasteiger partial charge in [0.25, 0.3) is 0 Å². The minimum atomic E-state index is -3.07. The number of piperidine rings is 1. The number of sulfonamides is 1. The van der Waals surface area contributed by atoms with Crippen LogP contribution < -0.4 is 5.32 Å². The zero-order valence-electron chi connectivity index (χ0n) is 11.9. The lowest BCUT2D eigenvalue weighted by Crippen LogP contribution is -2.41. The quantitative estimate of drug-likeness (QED) is 0.929. The van der Waals surface area contributed by atoms with E-state index in [-0.39, 0.29) is 0 Å². The van der Waals surface area contributed by atoms with Gasteiger partial charge in [-0.1, -0.05) is 17.7 Å². The summed E-state index contributed by atoms with van der Waals surface area (Å²) in [6.45, 7) is 4.00. The molecule has 0 aliphatic carbocycles. The van der Waals surface area contributed by atoms with E-state index in [1.165, 1.54) is 6.26 Å². The molecule has 1 aliphatic heterocycles. The van der Waals surface area contributed by atoms with Gasteiger partial charge in [-0.3, -0.25) is 0 Å². The van der Waals surface area contributed by atoms with Gasteiger partial charge in [0, 0.05) is 30.3 Å². The van der Waals surface area contributed by atoms with Crippen molar-refractivity contribution >= 4 is 27.3 Å². The van der Waals surface area contributed by atoms with E-state index in [0.29, 0.717) is 19.0 Å². The summed E-state index contributed by atoms with van der Waals surface area (Å²) >= 11 is 6.09. The second kappa shape index (κ2) is 6.33. The van der Waals surface area contributed by atoms with Crippen LogP contribution in [0.4, 0.5) is 5.69 Å². The van der Waals surface area contributed by atoms with Crippen molar-refractivity contribution in [2.75, 3.05) is 31.2 Å². The van der Waals surface area contributed by atoms with Crippen LogP contribution in [0.5, 0.6) is 0 Å². The summed E-state index contributed by atoms with van der Waals surface area (Å²) in [5.74, 6) is 0.344. The molecule has 6 heteroatoms. The molecule has 1 aliphatic rings. The molecule has 1 heterocycles. The van der Waals surface area contributed by atoms with E-state index >= 15 is 0 Å². The Labute approximate surface area is 126 Å². The van der Waals surface area contributed by atoms with E-state index in [1.54, 1.807) is 4.31 Å². The predicted octanol–water partition coefficient (Wildman–Crippen LogP) is 2.73. The molecule has 1 fully saturated rings. The first-order valence-corrected chi connectivity index (χ1v) is 9.04. The van der Waals surface area contributed by atoms with Gasteiger partial charge in [0.2, 0.25) is 10.0 Å².